The molecule has 1 aromatic heterocycles. The Morgan fingerprint density at radius 2 is 1.76 bits per heavy atom. The van der Waals surface area contributed by atoms with Crippen molar-refractivity contribution in [3.63, 3.8) is 0 Å². The average molecular weight is 518 g/mol. The molecule has 1 saturated carbocycles. The summed E-state index contributed by atoms with van der Waals surface area (Å²) in [6, 6.07) is 15.9. The molecule has 2 aliphatic carbocycles. The first-order valence-corrected chi connectivity index (χ1v) is 14.3. The van der Waals surface area contributed by atoms with Crippen LogP contribution < -0.4 is 10.3 Å². The maximum atomic E-state index is 14.5. The van der Waals surface area contributed by atoms with E-state index in [4.69, 9.17) is 9.72 Å². The highest BCUT2D eigenvalue weighted by atomic mass is 32.2. The first kappa shape index (κ1) is 25.6. The maximum absolute atomic E-state index is 14.5. The van der Waals surface area contributed by atoms with Crippen LogP contribution in [0.15, 0.2) is 58.5 Å². The number of hydrogen-bond acceptors (Lipinski definition) is 5. The maximum Gasteiger partial charge on any atom is 0.263 e. The van der Waals surface area contributed by atoms with Gasteiger partial charge in [-0.05, 0) is 62.9 Å². The standard InChI is InChI=1S/C30H35N3O3S/c1-4-32(5-2)25(34)20-37-29-31-27-24-12-8-7-11-21(24)19-30(17-9-6-10-18-30)26(27)28(35)33(29)22-13-15-23(36-3)16-14-22/h7-8,11-16H,4-6,9-10,17-20H2,1-3H3. The largest absolute Gasteiger partial charge is 0.497 e. The van der Waals surface area contributed by atoms with Crippen molar-refractivity contribution in [3.05, 3.63) is 70.0 Å². The van der Waals surface area contributed by atoms with Gasteiger partial charge in [-0.2, -0.15) is 0 Å². The number of amides is 1. The minimum atomic E-state index is -0.194. The van der Waals surface area contributed by atoms with Gasteiger partial charge in [0.15, 0.2) is 5.16 Å². The number of fused-ring (bicyclic) bond motifs is 4. The summed E-state index contributed by atoms with van der Waals surface area (Å²) in [4.78, 5) is 34.4. The molecule has 2 aliphatic rings. The highest BCUT2D eigenvalue weighted by Crippen LogP contribution is 2.49. The lowest BCUT2D eigenvalue weighted by Gasteiger charge is -2.42. The zero-order valence-corrected chi connectivity index (χ0v) is 22.8. The van der Waals surface area contributed by atoms with Gasteiger partial charge in [0, 0.05) is 24.1 Å². The zero-order valence-electron chi connectivity index (χ0n) is 22.0. The van der Waals surface area contributed by atoms with Gasteiger partial charge < -0.3 is 9.64 Å². The normalized spacial score (nSPS) is 15.6. The summed E-state index contributed by atoms with van der Waals surface area (Å²) in [5, 5.41) is 0.553. The molecule has 7 heteroatoms. The number of thioether (sulfide) groups is 1. The van der Waals surface area contributed by atoms with Gasteiger partial charge in [-0.3, -0.25) is 14.2 Å². The average Bonchev–Trinajstić information content (AvgIpc) is 2.93. The molecule has 1 amide bonds. The smallest absolute Gasteiger partial charge is 0.263 e. The van der Waals surface area contributed by atoms with E-state index in [1.165, 1.54) is 23.7 Å². The van der Waals surface area contributed by atoms with Crippen molar-refractivity contribution in [2.75, 3.05) is 26.0 Å². The fraction of sp³-hybridized carbons (Fsp3) is 0.433. The second kappa shape index (κ2) is 10.7. The topological polar surface area (TPSA) is 64.4 Å². The van der Waals surface area contributed by atoms with Gasteiger partial charge in [0.25, 0.3) is 5.56 Å². The van der Waals surface area contributed by atoms with Crippen molar-refractivity contribution in [3.8, 4) is 22.7 Å². The minimum Gasteiger partial charge on any atom is -0.497 e. The highest BCUT2D eigenvalue weighted by Gasteiger charge is 2.43. The molecule has 37 heavy (non-hydrogen) atoms. The molecule has 0 N–H and O–H groups in total. The molecular formula is C30H35N3O3S. The lowest BCUT2D eigenvalue weighted by Crippen LogP contribution is -2.43. The van der Waals surface area contributed by atoms with Gasteiger partial charge in [0.1, 0.15) is 5.75 Å². The van der Waals surface area contributed by atoms with Crippen molar-refractivity contribution in [1.82, 2.24) is 14.5 Å². The lowest BCUT2D eigenvalue weighted by atomic mass is 9.62. The first-order chi connectivity index (χ1) is 18.0. The van der Waals surface area contributed by atoms with Gasteiger partial charge in [0.05, 0.1) is 29.8 Å². The number of aromatic nitrogens is 2. The Morgan fingerprint density at radius 1 is 1.05 bits per heavy atom. The van der Waals surface area contributed by atoms with E-state index in [1.807, 2.05) is 49.1 Å². The molecule has 3 aromatic rings. The van der Waals surface area contributed by atoms with E-state index in [1.54, 1.807) is 11.7 Å². The Morgan fingerprint density at radius 3 is 2.43 bits per heavy atom. The number of carbonyl (C=O) groups is 1. The van der Waals surface area contributed by atoms with Crippen molar-refractivity contribution < 1.29 is 9.53 Å². The van der Waals surface area contributed by atoms with Gasteiger partial charge in [0.2, 0.25) is 5.91 Å². The first-order valence-electron chi connectivity index (χ1n) is 13.3. The third-order valence-electron chi connectivity index (χ3n) is 7.97. The zero-order chi connectivity index (χ0) is 26.0. The predicted molar refractivity (Wildman–Crippen MR) is 149 cm³/mol. The van der Waals surface area contributed by atoms with E-state index < -0.39 is 0 Å². The molecule has 0 bridgehead atoms. The van der Waals surface area contributed by atoms with Crippen LogP contribution in [-0.2, 0) is 16.6 Å². The minimum absolute atomic E-state index is 0.00985. The third-order valence-corrected chi connectivity index (χ3v) is 8.89. The molecular weight excluding hydrogens is 482 g/mol. The number of benzene rings is 2. The molecule has 1 heterocycles. The Hall–Kier alpha value is -3.06. The summed E-state index contributed by atoms with van der Waals surface area (Å²) in [6.45, 7) is 5.29. The van der Waals surface area contributed by atoms with E-state index in [2.05, 4.69) is 18.2 Å². The number of methoxy groups -OCH3 is 1. The summed E-state index contributed by atoms with van der Waals surface area (Å²) >= 11 is 1.35. The summed E-state index contributed by atoms with van der Waals surface area (Å²) in [5.41, 5.74) is 4.50. The van der Waals surface area contributed by atoms with E-state index in [-0.39, 0.29) is 22.6 Å². The van der Waals surface area contributed by atoms with E-state index in [0.29, 0.717) is 18.2 Å². The molecule has 6 nitrogen and oxygen atoms in total. The van der Waals surface area contributed by atoms with Crippen LogP contribution in [-0.4, -0.2) is 46.3 Å². The predicted octanol–water partition coefficient (Wildman–Crippen LogP) is 5.63. The van der Waals surface area contributed by atoms with E-state index in [0.717, 1.165) is 60.4 Å². The fourth-order valence-corrected chi connectivity index (χ4v) is 6.95. The van der Waals surface area contributed by atoms with Crippen LogP contribution in [0.5, 0.6) is 5.75 Å². The molecule has 1 spiro atoms. The monoisotopic (exact) mass is 517 g/mol. The molecule has 0 radical (unpaired) electrons. The SMILES string of the molecule is CCN(CC)C(=O)CSc1nc2c(c(=O)n1-c1ccc(OC)cc1)C1(CCCCC1)Cc1ccccc1-2. The van der Waals surface area contributed by atoms with Crippen LogP contribution in [0.1, 0.15) is 57.1 Å². The molecule has 5 rings (SSSR count). The molecule has 0 saturated heterocycles. The molecule has 1 fully saturated rings. The number of nitrogens with zero attached hydrogens (tertiary/aromatic N) is 3. The summed E-state index contributed by atoms with van der Waals surface area (Å²) < 4.78 is 7.08. The van der Waals surface area contributed by atoms with Crippen molar-refractivity contribution in [1.29, 1.82) is 0 Å². The van der Waals surface area contributed by atoms with Crippen molar-refractivity contribution in [2.24, 2.45) is 0 Å². The van der Waals surface area contributed by atoms with Crippen molar-refractivity contribution >= 4 is 17.7 Å². The summed E-state index contributed by atoms with van der Waals surface area (Å²) in [7, 11) is 1.63. The second-order valence-corrected chi connectivity index (χ2v) is 10.9. The highest BCUT2D eigenvalue weighted by molar-refractivity contribution is 7.99. The van der Waals surface area contributed by atoms with Crippen LogP contribution in [0, 0.1) is 0 Å². The van der Waals surface area contributed by atoms with Crippen molar-refractivity contribution in [2.45, 2.75) is 62.9 Å². The Balaban J connectivity index is 1.71. The molecule has 0 aliphatic heterocycles. The number of rotatable bonds is 7. The summed E-state index contributed by atoms with van der Waals surface area (Å²) in [6.07, 6.45) is 6.33. The van der Waals surface area contributed by atoms with Gasteiger partial charge in [-0.15, -0.1) is 0 Å². The molecule has 0 unspecified atom stereocenters. The van der Waals surface area contributed by atoms with Crippen LogP contribution in [0.2, 0.25) is 0 Å². The Bertz CT molecular complexity index is 1340. The van der Waals surface area contributed by atoms with Gasteiger partial charge in [-0.25, -0.2) is 4.98 Å². The quantitative estimate of drug-likeness (QED) is 0.300. The van der Waals surface area contributed by atoms with Crippen LogP contribution >= 0.6 is 11.8 Å². The number of hydrogen-bond donors (Lipinski definition) is 0. The lowest BCUT2D eigenvalue weighted by molar-refractivity contribution is -0.127. The van der Waals surface area contributed by atoms with Gasteiger partial charge >= 0.3 is 0 Å². The molecule has 2 aromatic carbocycles. The van der Waals surface area contributed by atoms with Crippen LogP contribution in [0.25, 0.3) is 16.9 Å². The van der Waals surface area contributed by atoms with Gasteiger partial charge in [-0.1, -0.05) is 55.3 Å². The van der Waals surface area contributed by atoms with E-state index >= 15 is 0 Å². The van der Waals surface area contributed by atoms with E-state index in [9.17, 15) is 9.59 Å². The third kappa shape index (κ3) is 4.70. The summed E-state index contributed by atoms with van der Waals surface area (Å²) in [5.74, 6) is 1.01. The number of ether oxygens (including phenoxy) is 1. The Labute approximate surface area is 223 Å². The fourth-order valence-electron chi connectivity index (χ4n) is 6.04. The second-order valence-electron chi connectivity index (χ2n) is 9.99. The number of carbonyl (C=O) groups excluding carboxylic acids is 1. The van der Waals surface area contributed by atoms with Crippen LogP contribution in [0.4, 0.5) is 0 Å². The van der Waals surface area contributed by atoms with Crippen LogP contribution in [0.3, 0.4) is 0 Å². The molecule has 194 valence electrons. The molecule has 0 atom stereocenters. The Kier molecular flexibility index (Phi) is 7.43.